The summed E-state index contributed by atoms with van der Waals surface area (Å²) in [5.74, 6) is -0.554. The van der Waals surface area contributed by atoms with Crippen LogP contribution in [0.3, 0.4) is 0 Å². The van der Waals surface area contributed by atoms with E-state index in [2.05, 4.69) is 11.9 Å². The molecule has 0 aliphatic rings. The van der Waals surface area contributed by atoms with Gasteiger partial charge in [-0.05, 0) is 24.1 Å². The van der Waals surface area contributed by atoms with Crippen LogP contribution in [0.1, 0.15) is 5.56 Å². The number of anilines is 1. The van der Waals surface area contributed by atoms with Crippen molar-refractivity contribution in [2.75, 3.05) is 5.32 Å². The van der Waals surface area contributed by atoms with Gasteiger partial charge in [-0.1, -0.05) is 41.9 Å². The highest BCUT2D eigenvalue weighted by molar-refractivity contribution is 8.02. The number of nitrogens with two attached hydrogens (primary N) is 1. The van der Waals surface area contributed by atoms with E-state index in [1.165, 1.54) is 0 Å². The molecule has 1 amide bonds. The smallest absolute Gasteiger partial charge is 0.265 e. The zero-order chi connectivity index (χ0) is 14.4. The Bertz CT molecular complexity index is 593. The molecule has 1 rings (SSSR count). The van der Waals surface area contributed by atoms with E-state index in [9.17, 15) is 4.79 Å². The number of halogens is 2. The minimum atomic E-state index is -0.554. The summed E-state index contributed by atoms with van der Waals surface area (Å²) in [7, 11) is 0. The fraction of sp³-hybridized carbons (Fsp3) is 0. The molecule has 0 heterocycles. The second kappa shape index (κ2) is 7.22. The van der Waals surface area contributed by atoms with Gasteiger partial charge in [-0.25, -0.2) is 0 Å². The molecule has 0 bridgehead atoms. The summed E-state index contributed by atoms with van der Waals surface area (Å²) in [4.78, 5) is 12.0. The van der Waals surface area contributed by atoms with Gasteiger partial charge in [0.2, 0.25) is 0 Å². The highest BCUT2D eigenvalue weighted by Crippen LogP contribution is 2.27. The van der Waals surface area contributed by atoms with Crippen LogP contribution in [0.4, 0.5) is 5.69 Å². The molecule has 1 aromatic rings. The Hall–Kier alpha value is -1.45. The van der Waals surface area contributed by atoms with Crippen LogP contribution in [0, 0.1) is 11.3 Å². The third-order valence-corrected chi connectivity index (χ3v) is 3.50. The Morgan fingerprint density at radius 1 is 1.42 bits per heavy atom. The maximum absolute atomic E-state index is 12.0. The molecule has 4 nitrogen and oxygen atoms in total. The Balaban J connectivity index is 3.06. The topological polar surface area (TPSA) is 78.9 Å². The van der Waals surface area contributed by atoms with Crippen molar-refractivity contribution in [3.8, 4) is 6.07 Å². The lowest BCUT2D eigenvalue weighted by atomic mass is 10.2. The van der Waals surface area contributed by atoms with Crippen LogP contribution in [0.25, 0.3) is 0 Å². The Labute approximate surface area is 125 Å². The number of carbonyl (C=O) groups is 1. The molecule has 0 saturated carbocycles. The van der Waals surface area contributed by atoms with Crippen LogP contribution in [-0.4, -0.2) is 5.91 Å². The van der Waals surface area contributed by atoms with Gasteiger partial charge >= 0.3 is 0 Å². The second-order valence-corrected chi connectivity index (χ2v) is 4.76. The molecule has 0 fully saturated rings. The second-order valence-electron chi connectivity index (χ2n) is 3.28. The predicted octanol–water partition coefficient (Wildman–Crippen LogP) is 3.31. The van der Waals surface area contributed by atoms with Crippen molar-refractivity contribution in [3.63, 3.8) is 0 Å². The van der Waals surface area contributed by atoms with E-state index in [0.29, 0.717) is 23.2 Å². The van der Waals surface area contributed by atoms with Gasteiger partial charge in [0, 0.05) is 0 Å². The molecule has 3 N–H and O–H groups in total. The maximum atomic E-state index is 12.0. The van der Waals surface area contributed by atoms with Crippen molar-refractivity contribution in [2.45, 2.75) is 0 Å². The number of para-hydroxylation sites is 1. The van der Waals surface area contributed by atoms with Crippen molar-refractivity contribution in [1.82, 2.24) is 0 Å². The molecule has 1 aromatic carbocycles. The van der Waals surface area contributed by atoms with Crippen LogP contribution in [0.2, 0.25) is 0 Å². The first-order valence-electron chi connectivity index (χ1n) is 4.93. The molecular weight excluding hydrogens is 305 g/mol. The van der Waals surface area contributed by atoms with Gasteiger partial charge in [0.25, 0.3) is 5.91 Å². The molecule has 0 aliphatic heterocycles. The molecule has 98 valence electrons. The van der Waals surface area contributed by atoms with Crippen molar-refractivity contribution in [2.24, 2.45) is 5.14 Å². The van der Waals surface area contributed by atoms with Gasteiger partial charge in [0.1, 0.15) is 11.0 Å². The number of hydrogen-bond donors (Lipinski definition) is 2. The molecule has 0 radical (unpaired) electrons. The standard InChI is InChI=1S/C12H9Cl2N3OS/c1-7(13)10(14)11(19-16)12(18)17-9-5-3-2-4-8(9)6-15/h2-5H,1,16H2,(H,17,18)/b11-10+. The predicted molar refractivity (Wildman–Crippen MR) is 79.4 cm³/mol. The Morgan fingerprint density at radius 2 is 2.05 bits per heavy atom. The number of allylic oxidation sites excluding steroid dienone is 2. The monoisotopic (exact) mass is 313 g/mol. The molecular formula is C12H9Cl2N3OS. The fourth-order valence-electron chi connectivity index (χ4n) is 1.20. The minimum Gasteiger partial charge on any atom is -0.320 e. The summed E-state index contributed by atoms with van der Waals surface area (Å²) in [6.45, 7) is 3.42. The zero-order valence-corrected chi connectivity index (χ0v) is 11.9. The maximum Gasteiger partial charge on any atom is 0.265 e. The SMILES string of the molecule is C=C(Cl)/C(Cl)=C(\SN)C(=O)Nc1ccccc1C#N. The number of nitriles is 1. The Kier molecular flexibility index (Phi) is 5.93. The van der Waals surface area contributed by atoms with E-state index in [1.54, 1.807) is 24.3 Å². The third-order valence-electron chi connectivity index (χ3n) is 2.06. The first-order chi connectivity index (χ1) is 9.01. The van der Waals surface area contributed by atoms with E-state index in [-0.39, 0.29) is 15.0 Å². The lowest BCUT2D eigenvalue weighted by Crippen LogP contribution is -2.15. The number of rotatable bonds is 4. The molecule has 0 aromatic heterocycles. The summed E-state index contributed by atoms with van der Waals surface area (Å²) in [6, 6.07) is 8.52. The average Bonchev–Trinajstić information content (AvgIpc) is 2.39. The van der Waals surface area contributed by atoms with Gasteiger partial charge in [-0.2, -0.15) is 5.26 Å². The largest absolute Gasteiger partial charge is 0.320 e. The van der Waals surface area contributed by atoms with Gasteiger partial charge in [0.05, 0.1) is 21.3 Å². The van der Waals surface area contributed by atoms with E-state index in [1.807, 2.05) is 6.07 Å². The zero-order valence-electron chi connectivity index (χ0n) is 9.61. The van der Waals surface area contributed by atoms with E-state index < -0.39 is 5.91 Å². The first-order valence-corrected chi connectivity index (χ1v) is 6.56. The highest BCUT2D eigenvalue weighted by Gasteiger charge is 2.16. The third kappa shape index (κ3) is 4.01. The molecule has 0 aliphatic carbocycles. The van der Waals surface area contributed by atoms with Gasteiger partial charge < -0.3 is 5.32 Å². The molecule has 19 heavy (non-hydrogen) atoms. The van der Waals surface area contributed by atoms with Crippen LogP contribution in [0.15, 0.2) is 45.8 Å². The summed E-state index contributed by atoms with van der Waals surface area (Å²) >= 11 is 12.1. The van der Waals surface area contributed by atoms with E-state index in [4.69, 9.17) is 33.6 Å². The van der Waals surface area contributed by atoms with Crippen molar-refractivity contribution < 1.29 is 4.79 Å². The lowest BCUT2D eigenvalue weighted by Gasteiger charge is -2.09. The number of carbonyl (C=O) groups excluding carboxylic acids is 1. The number of benzene rings is 1. The number of amides is 1. The van der Waals surface area contributed by atoms with E-state index in [0.717, 1.165) is 0 Å². The number of hydrogen-bond acceptors (Lipinski definition) is 4. The summed E-state index contributed by atoms with van der Waals surface area (Å²) in [5.41, 5.74) is 0.698. The molecule has 0 saturated heterocycles. The van der Waals surface area contributed by atoms with Gasteiger partial charge in [0.15, 0.2) is 0 Å². The number of nitrogens with one attached hydrogen (secondary N) is 1. The van der Waals surface area contributed by atoms with Crippen molar-refractivity contribution in [1.29, 1.82) is 5.26 Å². The fourth-order valence-corrected chi connectivity index (χ4v) is 1.95. The lowest BCUT2D eigenvalue weighted by molar-refractivity contribution is -0.112. The van der Waals surface area contributed by atoms with E-state index >= 15 is 0 Å². The molecule has 7 heteroatoms. The van der Waals surface area contributed by atoms with Gasteiger partial charge in [-0.3, -0.25) is 9.93 Å². The first kappa shape index (κ1) is 15.6. The van der Waals surface area contributed by atoms with Crippen LogP contribution in [-0.2, 0) is 4.79 Å². The number of nitrogens with zero attached hydrogens (tertiary/aromatic N) is 1. The summed E-state index contributed by atoms with van der Waals surface area (Å²) < 4.78 is 0. The van der Waals surface area contributed by atoms with Crippen molar-refractivity contribution in [3.05, 3.63) is 51.4 Å². The van der Waals surface area contributed by atoms with Crippen LogP contribution < -0.4 is 10.5 Å². The average molecular weight is 314 g/mol. The molecule has 0 unspecified atom stereocenters. The Morgan fingerprint density at radius 3 is 2.58 bits per heavy atom. The normalized spacial score (nSPS) is 11.3. The molecule has 0 spiro atoms. The highest BCUT2D eigenvalue weighted by atomic mass is 35.5. The minimum absolute atomic E-state index is 0.0123. The van der Waals surface area contributed by atoms with Crippen LogP contribution >= 0.6 is 35.1 Å². The molecule has 0 atom stereocenters. The quantitative estimate of drug-likeness (QED) is 0.508. The van der Waals surface area contributed by atoms with Crippen molar-refractivity contribution >= 4 is 46.7 Å². The van der Waals surface area contributed by atoms with Gasteiger partial charge in [-0.15, -0.1) is 0 Å². The van der Waals surface area contributed by atoms with Crippen LogP contribution in [0.5, 0.6) is 0 Å². The summed E-state index contributed by atoms with van der Waals surface area (Å²) in [6.07, 6.45) is 0. The summed E-state index contributed by atoms with van der Waals surface area (Å²) in [5, 5.41) is 16.8.